The van der Waals surface area contributed by atoms with E-state index in [-0.39, 0.29) is 6.04 Å². The molecule has 0 aromatic rings. The van der Waals surface area contributed by atoms with E-state index in [4.69, 9.17) is 5.11 Å². The Morgan fingerprint density at radius 2 is 1.92 bits per heavy atom. The van der Waals surface area contributed by atoms with Gasteiger partial charge >= 0.3 is 0 Å². The number of β-amino-alcohol motifs (C(OH)–C–C–N with tert-alkyl or cyclic N) is 1. The first-order chi connectivity index (χ1) is 5.66. The zero-order valence-corrected chi connectivity index (χ0v) is 7.61. The summed E-state index contributed by atoms with van der Waals surface area (Å²) >= 11 is 4.03. The third-order valence-electron chi connectivity index (χ3n) is 2.19. The van der Waals surface area contributed by atoms with Crippen molar-refractivity contribution in [3.63, 3.8) is 0 Å². The van der Waals surface area contributed by atoms with Crippen LogP contribution in [0.3, 0.4) is 0 Å². The maximum atomic E-state index is 9.43. The zero-order valence-electron chi connectivity index (χ0n) is 6.72. The first-order valence-corrected chi connectivity index (χ1v) is 4.68. The topological polar surface area (TPSA) is 72.7 Å². The summed E-state index contributed by atoms with van der Waals surface area (Å²) in [6.07, 6.45) is -2.10. The SMILES string of the molecule is O[C@@H]1[C@@H](O)[C@@H](CCS)NC[C@H]1O. The third kappa shape index (κ3) is 2.11. The molecule has 1 aliphatic rings. The van der Waals surface area contributed by atoms with Gasteiger partial charge in [-0.2, -0.15) is 12.6 Å². The van der Waals surface area contributed by atoms with Gasteiger partial charge in [-0.05, 0) is 12.2 Å². The van der Waals surface area contributed by atoms with E-state index in [1.54, 1.807) is 0 Å². The van der Waals surface area contributed by atoms with Crippen LogP contribution in [0.5, 0.6) is 0 Å². The van der Waals surface area contributed by atoms with Crippen molar-refractivity contribution in [2.45, 2.75) is 30.8 Å². The van der Waals surface area contributed by atoms with E-state index >= 15 is 0 Å². The van der Waals surface area contributed by atoms with Gasteiger partial charge in [-0.25, -0.2) is 0 Å². The number of hydrogen-bond donors (Lipinski definition) is 5. The molecule has 0 radical (unpaired) electrons. The summed E-state index contributed by atoms with van der Waals surface area (Å²) in [6.45, 7) is 0.330. The monoisotopic (exact) mass is 193 g/mol. The first-order valence-electron chi connectivity index (χ1n) is 4.05. The second kappa shape index (κ2) is 4.43. The minimum absolute atomic E-state index is 0.152. The summed E-state index contributed by atoms with van der Waals surface area (Å²) in [6, 6.07) is -0.152. The summed E-state index contributed by atoms with van der Waals surface area (Å²) in [5, 5.41) is 30.8. The van der Waals surface area contributed by atoms with E-state index < -0.39 is 18.3 Å². The number of rotatable bonds is 2. The largest absolute Gasteiger partial charge is 0.389 e. The zero-order chi connectivity index (χ0) is 9.14. The molecule has 0 amide bonds. The summed E-state index contributed by atoms with van der Waals surface area (Å²) in [5.41, 5.74) is 0. The van der Waals surface area contributed by atoms with E-state index in [1.165, 1.54) is 0 Å². The van der Waals surface area contributed by atoms with Gasteiger partial charge in [0.1, 0.15) is 6.10 Å². The van der Waals surface area contributed by atoms with Gasteiger partial charge in [0.25, 0.3) is 0 Å². The van der Waals surface area contributed by atoms with Crippen LogP contribution in [0.1, 0.15) is 6.42 Å². The van der Waals surface area contributed by atoms with E-state index in [9.17, 15) is 10.2 Å². The molecular weight excluding hydrogens is 178 g/mol. The Morgan fingerprint density at radius 3 is 2.50 bits per heavy atom. The standard InChI is InChI=1S/C7H15NO3S/c9-5-3-8-4(1-2-12)6(10)7(5)11/h4-12H,1-3H2/t4-,5-,6+,7+/m1/s1. The molecule has 72 valence electrons. The number of thiol groups is 1. The highest BCUT2D eigenvalue weighted by atomic mass is 32.1. The maximum absolute atomic E-state index is 9.43. The number of nitrogens with one attached hydrogen (secondary N) is 1. The molecule has 4 nitrogen and oxygen atoms in total. The van der Waals surface area contributed by atoms with Crippen LogP contribution in [0, 0.1) is 0 Å². The fraction of sp³-hybridized carbons (Fsp3) is 1.00. The molecule has 0 bridgehead atoms. The van der Waals surface area contributed by atoms with E-state index in [0.29, 0.717) is 18.7 Å². The molecule has 5 heteroatoms. The highest BCUT2D eigenvalue weighted by Gasteiger charge is 2.35. The van der Waals surface area contributed by atoms with Crippen molar-refractivity contribution in [1.82, 2.24) is 5.32 Å². The Morgan fingerprint density at radius 1 is 1.25 bits per heavy atom. The van der Waals surface area contributed by atoms with Gasteiger partial charge in [-0.3, -0.25) is 0 Å². The molecule has 4 atom stereocenters. The molecular formula is C7H15NO3S. The maximum Gasteiger partial charge on any atom is 0.108 e. The minimum atomic E-state index is -1.03. The Hall–Kier alpha value is 0.190. The summed E-state index contributed by atoms with van der Waals surface area (Å²) in [5.74, 6) is 0.650. The molecule has 1 rings (SSSR count). The lowest BCUT2D eigenvalue weighted by molar-refractivity contribution is -0.0941. The predicted octanol–water partition coefficient (Wildman–Crippen LogP) is -1.64. The number of aliphatic hydroxyl groups is 3. The van der Waals surface area contributed by atoms with E-state index in [0.717, 1.165) is 0 Å². The summed E-state index contributed by atoms with van der Waals surface area (Å²) in [4.78, 5) is 0. The van der Waals surface area contributed by atoms with Crippen LogP contribution in [-0.2, 0) is 0 Å². The smallest absolute Gasteiger partial charge is 0.108 e. The highest BCUT2D eigenvalue weighted by molar-refractivity contribution is 7.80. The Balaban J connectivity index is 2.46. The van der Waals surface area contributed by atoms with Crippen LogP contribution in [0.25, 0.3) is 0 Å². The van der Waals surface area contributed by atoms with Crippen LogP contribution in [0.4, 0.5) is 0 Å². The molecule has 1 saturated heterocycles. The average Bonchev–Trinajstić information content (AvgIpc) is 2.07. The van der Waals surface area contributed by atoms with Crippen LogP contribution >= 0.6 is 12.6 Å². The molecule has 0 saturated carbocycles. The number of hydrogen-bond acceptors (Lipinski definition) is 5. The molecule has 4 N–H and O–H groups in total. The van der Waals surface area contributed by atoms with Crippen molar-refractivity contribution in [2.75, 3.05) is 12.3 Å². The molecule has 1 heterocycles. The van der Waals surface area contributed by atoms with Gasteiger partial charge in [0, 0.05) is 12.6 Å². The van der Waals surface area contributed by atoms with Crippen molar-refractivity contribution in [1.29, 1.82) is 0 Å². The van der Waals surface area contributed by atoms with Crippen molar-refractivity contribution >= 4 is 12.6 Å². The second-order valence-electron chi connectivity index (χ2n) is 3.08. The average molecular weight is 193 g/mol. The highest BCUT2D eigenvalue weighted by Crippen LogP contribution is 2.13. The molecule has 1 aliphatic heterocycles. The summed E-state index contributed by atoms with van der Waals surface area (Å²) < 4.78 is 0. The molecule has 0 aromatic heterocycles. The van der Waals surface area contributed by atoms with E-state index in [2.05, 4.69) is 17.9 Å². The van der Waals surface area contributed by atoms with Crippen molar-refractivity contribution < 1.29 is 15.3 Å². The van der Waals surface area contributed by atoms with Gasteiger partial charge in [0.05, 0.1) is 12.2 Å². The number of piperidine rings is 1. The van der Waals surface area contributed by atoms with Gasteiger partial charge in [0.15, 0.2) is 0 Å². The third-order valence-corrected chi connectivity index (χ3v) is 2.44. The Kier molecular flexibility index (Phi) is 3.79. The molecule has 0 aliphatic carbocycles. The van der Waals surface area contributed by atoms with Crippen molar-refractivity contribution in [3.05, 3.63) is 0 Å². The van der Waals surface area contributed by atoms with Crippen LogP contribution in [-0.4, -0.2) is 52.0 Å². The molecule has 1 fully saturated rings. The van der Waals surface area contributed by atoms with Crippen LogP contribution in [0.15, 0.2) is 0 Å². The molecule has 12 heavy (non-hydrogen) atoms. The lowest BCUT2D eigenvalue weighted by Gasteiger charge is -2.35. The summed E-state index contributed by atoms with van der Waals surface area (Å²) in [7, 11) is 0. The van der Waals surface area contributed by atoms with Crippen LogP contribution < -0.4 is 5.32 Å². The van der Waals surface area contributed by atoms with Gasteiger partial charge in [-0.1, -0.05) is 0 Å². The Bertz CT molecular complexity index is 147. The quantitative estimate of drug-likeness (QED) is 0.341. The molecule has 0 aromatic carbocycles. The minimum Gasteiger partial charge on any atom is -0.389 e. The second-order valence-corrected chi connectivity index (χ2v) is 3.52. The van der Waals surface area contributed by atoms with Gasteiger partial charge < -0.3 is 20.6 Å². The molecule has 0 unspecified atom stereocenters. The van der Waals surface area contributed by atoms with Crippen molar-refractivity contribution in [3.8, 4) is 0 Å². The predicted molar refractivity (Wildman–Crippen MR) is 48.3 cm³/mol. The van der Waals surface area contributed by atoms with Gasteiger partial charge in [0.2, 0.25) is 0 Å². The fourth-order valence-electron chi connectivity index (χ4n) is 1.39. The Labute approximate surface area is 77.0 Å². The van der Waals surface area contributed by atoms with Gasteiger partial charge in [-0.15, -0.1) is 0 Å². The van der Waals surface area contributed by atoms with Crippen LogP contribution in [0.2, 0.25) is 0 Å². The lowest BCUT2D eigenvalue weighted by Crippen LogP contribution is -2.59. The van der Waals surface area contributed by atoms with Crippen molar-refractivity contribution in [2.24, 2.45) is 0 Å². The fourth-order valence-corrected chi connectivity index (χ4v) is 1.67. The normalized spacial score (nSPS) is 43.0. The lowest BCUT2D eigenvalue weighted by atomic mass is 9.94. The van der Waals surface area contributed by atoms with E-state index in [1.807, 2.05) is 0 Å². The first kappa shape index (κ1) is 10.3. The molecule has 0 spiro atoms. The number of aliphatic hydroxyl groups excluding tert-OH is 3.